The molecule has 0 unspecified atom stereocenters. The van der Waals surface area contributed by atoms with Gasteiger partial charge in [0.2, 0.25) is 13.7 Å². The van der Waals surface area contributed by atoms with Crippen molar-refractivity contribution in [2.24, 2.45) is 0 Å². The lowest BCUT2D eigenvalue weighted by Gasteiger charge is -2.36. The molecule has 1 aromatic heterocycles. The SMILES string of the molecule is CC(C)(C)[Si](C)(C)Oc1ccc2c(=O)c3ccc(N4CCCCC4)cc3oc2c1. The van der Waals surface area contributed by atoms with Crippen LogP contribution in [-0.4, -0.2) is 21.4 Å². The summed E-state index contributed by atoms with van der Waals surface area (Å²) < 4.78 is 12.6. The maximum absolute atomic E-state index is 13.0. The second-order valence-electron chi connectivity index (χ2n) is 9.68. The first kappa shape index (κ1) is 20.0. The van der Waals surface area contributed by atoms with Crippen LogP contribution in [0.3, 0.4) is 0 Å². The zero-order chi connectivity index (χ0) is 20.8. The minimum atomic E-state index is -1.96. The summed E-state index contributed by atoms with van der Waals surface area (Å²) in [7, 11) is -1.96. The number of hydrogen-bond acceptors (Lipinski definition) is 4. The summed E-state index contributed by atoms with van der Waals surface area (Å²) in [5.74, 6) is 0.777. The summed E-state index contributed by atoms with van der Waals surface area (Å²) in [6, 6.07) is 11.6. The van der Waals surface area contributed by atoms with Crippen LogP contribution < -0.4 is 14.8 Å². The van der Waals surface area contributed by atoms with Crippen molar-refractivity contribution in [2.75, 3.05) is 18.0 Å². The van der Waals surface area contributed by atoms with Gasteiger partial charge in [-0.05, 0) is 61.7 Å². The smallest absolute Gasteiger partial charge is 0.250 e. The van der Waals surface area contributed by atoms with E-state index in [1.54, 1.807) is 0 Å². The van der Waals surface area contributed by atoms with Crippen LogP contribution in [0.15, 0.2) is 45.6 Å². The van der Waals surface area contributed by atoms with Gasteiger partial charge in [-0.1, -0.05) is 20.8 Å². The zero-order valence-corrected chi connectivity index (χ0v) is 19.2. The van der Waals surface area contributed by atoms with Gasteiger partial charge in [-0.15, -0.1) is 0 Å². The van der Waals surface area contributed by atoms with Crippen molar-refractivity contribution in [3.63, 3.8) is 0 Å². The van der Waals surface area contributed by atoms with E-state index < -0.39 is 8.32 Å². The Bertz CT molecular complexity index is 1100. The summed E-state index contributed by atoms with van der Waals surface area (Å²) in [5, 5.41) is 1.34. The molecule has 0 radical (unpaired) electrons. The fourth-order valence-corrected chi connectivity index (χ4v) is 4.70. The molecule has 0 bridgehead atoms. The summed E-state index contributed by atoms with van der Waals surface area (Å²) in [6.45, 7) is 13.2. The molecule has 0 N–H and O–H groups in total. The van der Waals surface area contributed by atoms with E-state index in [0.29, 0.717) is 21.9 Å². The second kappa shape index (κ2) is 7.20. The molecule has 154 valence electrons. The van der Waals surface area contributed by atoms with E-state index in [1.807, 2.05) is 36.4 Å². The molecule has 0 amide bonds. The first-order chi connectivity index (χ1) is 13.7. The first-order valence-electron chi connectivity index (χ1n) is 10.6. The average Bonchev–Trinajstić information content (AvgIpc) is 2.67. The third-order valence-electron chi connectivity index (χ3n) is 6.53. The minimum Gasteiger partial charge on any atom is -0.543 e. The molecule has 1 aliphatic heterocycles. The highest BCUT2D eigenvalue weighted by Gasteiger charge is 2.39. The Morgan fingerprint density at radius 1 is 0.931 bits per heavy atom. The number of fused-ring (bicyclic) bond motifs is 2. The largest absolute Gasteiger partial charge is 0.543 e. The standard InChI is InChI=1S/C24H31NO3Si/c1-24(2,3)29(4,5)28-18-10-12-20-22(16-18)27-21-15-17(9-11-19(21)23(20)26)25-13-7-6-8-14-25/h9-12,15-16H,6-8,13-14H2,1-5H3. The Kier molecular flexibility index (Phi) is 4.97. The van der Waals surface area contributed by atoms with E-state index in [9.17, 15) is 4.79 Å². The topological polar surface area (TPSA) is 42.7 Å². The predicted molar refractivity (Wildman–Crippen MR) is 124 cm³/mol. The van der Waals surface area contributed by atoms with Gasteiger partial charge in [-0.2, -0.15) is 0 Å². The van der Waals surface area contributed by atoms with Crippen LogP contribution >= 0.6 is 0 Å². The Balaban J connectivity index is 1.77. The maximum Gasteiger partial charge on any atom is 0.250 e. The number of hydrogen-bond donors (Lipinski definition) is 0. The van der Waals surface area contributed by atoms with Gasteiger partial charge in [-0.3, -0.25) is 4.79 Å². The number of piperidine rings is 1. The third kappa shape index (κ3) is 3.80. The molecule has 3 aromatic rings. The van der Waals surface area contributed by atoms with Crippen molar-refractivity contribution < 1.29 is 8.84 Å². The van der Waals surface area contributed by atoms with Gasteiger partial charge in [0.1, 0.15) is 16.9 Å². The molecule has 2 aromatic carbocycles. The van der Waals surface area contributed by atoms with E-state index >= 15 is 0 Å². The van der Waals surface area contributed by atoms with Crippen molar-refractivity contribution in [1.29, 1.82) is 0 Å². The summed E-state index contributed by atoms with van der Waals surface area (Å²) in [6.07, 6.45) is 3.72. The van der Waals surface area contributed by atoms with E-state index in [2.05, 4.69) is 38.8 Å². The van der Waals surface area contributed by atoms with E-state index in [-0.39, 0.29) is 10.5 Å². The van der Waals surface area contributed by atoms with Gasteiger partial charge in [0, 0.05) is 30.9 Å². The van der Waals surface area contributed by atoms with Gasteiger partial charge in [-0.25, -0.2) is 0 Å². The molecule has 1 aliphatic rings. The number of rotatable bonds is 3. The molecule has 0 spiro atoms. The molecule has 1 saturated heterocycles. The Hall–Kier alpha value is -2.27. The Morgan fingerprint density at radius 3 is 2.21 bits per heavy atom. The van der Waals surface area contributed by atoms with E-state index in [0.717, 1.165) is 24.5 Å². The van der Waals surface area contributed by atoms with Crippen molar-refractivity contribution >= 4 is 35.9 Å². The van der Waals surface area contributed by atoms with Crippen LogP contribution in [0.25, 0.3) is 21.9 Å². The summed E-state index contributed by atoms with van der Waals surface area (Å²) in [5.41, 5.74) is 2.39. The van der Waals surface area contributed by atoms with Gasteiger partial charge < -0.3 is 13.7 Å². The van der Waals surface area contributed by atoms with E-state index in [1.165, 1.54) is 19.3 Å². The van der Waals surface area contributed by atoms with Crippen LogP contribution in [-0.2, 0) is 0 Å². The van der Waals surface area contributed by atoms with Crippen molar-refractivity contribution in [2.45, 2.75) is 58.2 Å². The lowest BCUT2D eigenvalue weighted by Crippen LogP contribution is -2.43. The number of anilines is 1. The summed E-state index contributed by atoms with van der Waals surface area (Å²) in [4.78, 5) is 15.4. The Labute approximate surface area is 173 Å². The van der Waals surface area contributed by atoms with Gasteiger partial charge in [0.15, 0.2) is 0 Å². The monoisotopic (exact) mass is 409 g/mol. The average molecular weight is 410 g/mol. The van der Waals surface area contributed by atoms with Crippen LogP contribution in [0.5, 0.6) is 5.75 Å². The maximum atomic E-state index is 13.0. The molecule has 0 aliphatic carbocycles. The zero-order valence-electron chi connectivity index (χ0n) is 18.2. The molecule has 5 heteroatoms. The number of nitrogens with zero attached hydrogens (tertiary/aromatic N) is 1. The van der Waals surface area contributed by atoms with Crippen molar-refractivity contribution in [3.8, 4) is 5.75 Å². The lowest BCUT2D eigenvalue weighted by molar-refractivity contribution is 0.491. The molecule has 4 rings (SSSR count). The molecule has 0 saturated carbocycles. The second-order valence-corrected chi connectivity index (χ2v) is 14.4. The fourth-order valence-electron chi connectivity index (χ4n) is 3.68. The van der Waals surface area contributed by atoms with Crippen LogP contribution in [0.4, 0.5) is 5.69 Å². The highest BCUT2D eigenvalue weighted by molar-refractivity contribution is 6.74. The molecule has 4 nitrogen and oxygen atoms in total. The third-order valence-corrected chi connectivity index (χ3v) is 10.9. The molecular formula is C24H31NO3Si. The quantitative estimate of drug-likeness (QED) is 0.375. The van der Waals surface area contributed by atoms with Gasteiger partial charge >= 0.3 is 0 Å². The fraction of sp³-hybridized carbons (Fsp3) is 0.458. The molecule has 2 heterocycles. The van der Waals surface area contributed by atoms with E-state index in [4.69, 9.17) is 8.84 Å². The molecule has 29 heavy (non-hydrogen) atoms. The lowest BCUT2D eigenvalue weighted by atomic mass is 10.1. The minimum absolute atomic E-state index is 0.0188. The van der Waals surface area contributed by atoms with Crippen LogP contribution in [0, 0.1) is 0 Å². The predicted octanol–water partition coefficient (Wildman–Crippen LogP) is 6.32. The van der Waals surface area contributed by atoms with Gasteiger partial charge in [0.05, 0.1) is 10.8 Å². The highest BCUT2D eigenvalue weighted by atomic mass is 28.4. The normalized spacial score (nSPS) is 15.8. The van der Waals surface area contributed by atoms with Crippen LogP contribution in [0.1, 0.15) is 40.0 Å². The highest BCUT2D eigenvalue weighted by Crippen LogP contribution is 2.38. The molecule has 1 fully saturated rings. The summed E-state index contributed by atoms with van der Waals surface area (Å²) >= 11 is 0. The van der Waals surface area contributed by atoms with Crippen LogP contribution in [0.2, 0.25) is 18.1 Å². The van der Waals surface area contributed by atoms with Crippen molar-refractivity contribution in [3.05, 3.63) is 46.6 Å². The Morgan fingerprint density at radius 2 is 1.55 bits per heavy atom. The first-order valence-corrected chi connectivity index (χ1v) is 13.5. The van der Waals surface area contributed by atoms with Gasteiger partial charge in [0.25, 0.3) is 0 Å². The molecule has 0 atom stereocenters. The van der Waals surface area contributed by atoms with Crippen molar-refractivity contribution in [1.82, 2.24) is 0 Å². The molecular weight excluding hydrogens is 378 g/mol. The number of benzene rings is 2.